The number of rotatable bonds is 8. The molecule has 0 amide bonds. The summed E-state index contributed by atoms with van der Waals surface area (Å²) in [6.07, 6.45) is 0. The SMILES string of the molecule is CCN(CCO)c1ccc(N2C(N)=C(C#N)C(c3ccccc3)C(C(=O)OC)=C2C(=O)OC)c(C)c1. The van der Waals surface area contributed by atoms with E-state index in [1.54, 1.807) is 30.3 Å². The molecule has 1 aliphatic rings. The lowest BCUT2D eigenvalue weighted by Gasteiger charge is -2.36. The molecule has 0 saturated carbocycles. The molecule has 2 aromatic rings. The van der Waals surface area contributed by atoms with Crippen molar-refractivity contribution in [3.63, 3.8) is 0 Å². The Morgan fingerprint density at radius 1 is 1.14 bits per heavy atom. The van der Waals surface area contributed by atoms with Crippen LogP contribution in [0.1, 0.15) is 24.0 Å². The van der Waals surface area contributed by atoms with Crippen LogP contribution in [-0.4, -0.2) is 51.0 Å². The first-order valence-electron chi connectivity index (χ1n) is 11.5. The number of aryl methyl sites for hydroxylation is 1. The van der Waals surface area contributed by atoms with Gasteiger partial charge in [0.15, 0.2) is 0 Å². The number of allylic oxidation sites excluding steroid dienone is 1. The molecule has 0 bridgehead atoms. The molecule has 188 valence electrons. The molecular weight excluding hydrogens is 460 g/mol. The molecule has 3 rings (SSSR count). The van der Waals surface area contributed by atoms with E-state index >= 15 is 0 Å². The standard InChI is InChI=1S/C27H30N4O5/c1-5-30(13-14-32)19-11-12-21(17(2)15-19)31-24(27(34)36-4)23(26(33)35-3)22(20(16-28)25(31)29)18-9-7-6-8-10-18/h6-12,15,22,32H,5,13-14,29H2,1-4H3. The molecule has 0 saturated heterocycles. The van der Waals surface area contributed by atoms with Crippen LogP contribution < -0.4 is 15.5 Å². The van der Waals surface area contributed by atoms with Crippen LogP contribution in [0.5, 0.6) is 0 Å². The summed E-state index contributed by atoms with van der Waals surface area (Å²) >= 11 is 0. The van der Waals surface area contributed by atoms with E-state index in [4.69, 9.17) is 15.2 Å². The summed E-state index contributed by atoms with van der Waals surface area (Å²) in [6, 6.07) is 16.5. The number of nitrogens with two attached hydrogens (primary N) is 1. The number of aliphatic hydroxyl groups is 1. The molecule has 1 unspecified atom stereocenters. The number of likely N-dealkylation sites (N-methyl/N-ethyl adjacent to an activating group) is 1. The maximum absolute atomic E-state index is 13.2. The molecule has 3 N–H and O–H groups in total. The van der Waals surface area contributed by atoms with Gasteiger partial charge >= 0.3 is 11.9 Å². The Labute approximate surface area is 210 Å². The van der Waals surface area contributed by atoms with Crippen molar-refractivity contribution in [3.8, 4) is 6.07 Å². The molecule has 0 aromatic heterocycles. The van der Waals surface area contributed by atoms with E-state index in [1.807, 2.05) is 36.9 Å². The van der Waals surface area contributed by atoms with Crippen molar-refractivity contribution >= 4 is 23.3 Å². The third kappa shape index (κ3) is 4.76. The Hall–Kier alpha value is -4.29. The summed E-state index contributed by atoms with van der Waals surface area (Å²) < 4.78 is 10.1. The number of methoxy groups -OCH3 is 2. The van der Waals surface area contributed by atoms with Gasteiger partial charge in [-0.05, 0) is 43.2 Å². The van der Waals surface area contributed by atoms with E-state index in [-0.39, 0.29) is 29.3 Å². The summed E-state index contributed by atoms with van der Waals surface area (Å²) in [5.74, 6) is -2.48. The van der Waals surface area contributed by atoms with Crippen LogP contribution in [0.15, 0.2) is 71.2 Å². The Morgan fingerprint density at radius 3 is 2.33 bits per heavy atom. The Balaban J connectivity index is 2.33. The third-order valence-corrected chi connectivity index (χ3v) is 6.15. The van der Waals surface area contributed by atoms with Gasteiger partial charge in [-0.3, -0.25) is 4.90 Å². The number of nitrogens with zero attached hydrogens (tertiary/aromatic N) is 3. The molecule has 9 nitrogen and oxygen atoms in total. The van der Waals surface area contributed by atoms with Gasteiger partial charge in [-0.1, -0.05) is 30.3 Å². The van der Waals surface area contributed by atoms with Crippen molar-refractivity contribution in [1.82, 2.24) is 0 Å². The van der Waals surface area contributed by atoms with Gasteiger partial charge in [0.25, 0.3) is 0 Å². The first-order chi connectivity index (χ1) is 17.3. The van der Waals surface area contributed by atoms with Gasteiger partial charge in [-0.25, -0.2) is 9.59 Å². The number of aliphatic hydroxyl groups excluding tert-OH is 1. The number of carbonyl (C=O) groups is 2. The molecule has 1 atom stereocenters. The van der Waals surface area contributed by atoms with E-state index < -0.39 is 17.9 Å². The zero-order chi connectivity index (χ0) is 26.4. The lowest BCUT2D eigenvalue weighted by Crippen LogP contribution is -2.41. The quantitative estimate of drug-likeness (QED) is 0.537. The van der Waals surface area contributed by atoms with Gasteiger partial charge in [0.2, 0.25) is 0 Å². The van der Waals surface area contributed by atoms with Crippen molar-refractivity contribution in [3.05, 3.63) is 82.3 Å². The predicted octanol–water partition coefficient (Wildman–Crippen LogP) is 2.71. The van der Waals surface area contributed by atoms with Crippen molar-refractivity contribution in [2.24, 2.45) is 5.73 Å². The maximum atomic E-state index is 13.2. The third-order valence-electron chi connectivity index (χ3n) is 6.15. The van der Waals surface area contributed by atoms with Crippen LogP contribution in [0.2, 0.25) is 0 Å². The number of nitriles is 1. The molecule has 1 heterocycles. The van der Waals surface area contributed by atoms with Crippen LogP contribution in [0, 0.1) is 18.3 Å². The van der Waals surface area contributed by atoms with E-state index in [2.05, 4.69) is 6.07 Å². The number of esters is 2. The van der Waals surface area contributed by atoms with Gasteiger partial charge < -0.3 is 25.2 Å². The van der Waals surface area contributed by atoms with Crippen LogP contribution in [0.25, 0.3) is 0 Å². The molecule has 0 aliphatic carbocycles. The fraction of sp³-hybridized carbons (Fsp3) is 0.296. The Kier molecular flexibility index (Phi) is 8.35. The molecule has 0 fully saturated rings. The summed E-state index contributed by atoms with van der Waals surface area (Å²) in [4.78, 5) is 29.7. The monoisotopic (exact) mass is 490 g/mol. The fourth-order valence-corrected chi connectivity index (χ4v) is 4.44. The van der Waals surface area contributed by atoms with Gasteiger partial charge in [0, 0.05) is 18.8 Å². The van der Waals surface area contributed by atoms with Crippen molar-refractivity contribution < 1.29 is 24.2 Å². The highest BCUT2D eigenvalue weighted by Crippen LogP contribution is 2.44. The minimum Gasteiger partial charge on any atom is -0.466 e. The maximum Gasteiger partial charge on any atom is 0.355 e. The number of ether oxygens (including phenoxy) is 2. The first kappa shape index (κ1) is 26.3. The largest absolute Gasteiger partial charge is 0.466 e. The van der Waals surface area contributed by atoms with E-state index in [9.17, 15) is 20.0 Å². The van der Waals surface area contributed by atoms with Gasteiger partial charge in [0.1, 0.15) is 11.5 Å². The van der Waals surface area contributed by atoms with E-state index in [0.29, 0.717) is 24.3 Å². The number of carbonyl (C=O) groups excluding carboxylic acids is 2. The first-order valence-corrected chi connectivity index (χ1v) is 11.5. The zero-order valence-corrected chi connectivity index (χ0v) is 20.8. The van der Waals surface area contributed by atoms with Gasteiger partial charge in [-0.2, -0.15) is 5.26 Å². The number of hydrogen-bond donors (Lipinski definition) is 2. The van der Waals surface area contributed by atoms with Crippen molar-refractivity contribution in [2.75, 3.05) is 43.7 Å². The summed E-state index contributed by atoms with van der Waals surface area (Å²) in [7, 11) is 2.43. The van der Waals surface area contributed by atoms with Gasteiger partial charge in [0.05, 0.1) is 49.6 Å². The van der Waals surface area contributed by atoms with Crippen molar-refractivity contribution in [1.29, 1.82) is 5.26 Å². The summed E-state index contributed by atoms with van der Waals surface area (Å²) in [5.41, 5.74) is 9.21. The number of anilines is 2. The second-order valence-corrected chi connectivity index (χ2v) is 8.11. The Bertz CT molecular complexity index is 1250. The number of hydrogen-bond acceptors (Lipinski definition) is 9. The molecule has 36 heavy (non-hydrogen) atoms. The van der Waals surface area contributed by atoms with Crippen LogP contribution in [0.3, 0.4) is 0 Å². The topological polar surface area (TPSA) is 129 Å². The molecule has 0 radical (unpaired) electrons. The molecule has 1 aliphatic heterocycles. The lowest BCUT2D eigenvalue weighted by molar-refractivity contribution is -0.139. The second kappa shape index (κ2) is 11.4. The molecule has 9 heteroatoms. The average Bonchev–Trinajstić information content (AvgIpc) is 2.90. The minimum absolute atomic E-state index is 0.000565. The van der Waals surface area contributed by atoms with Crippen LogP contribution in [0.4, 0.5) is 11.4 Å². The summed E-state index contributed by atoms with van der Waals surface area (Å²) in [6.45, 7) is 4.95. The fourth-order valence-electron chi connectivity index (χ4n) is 4.44. The van der Waals surface area contributed by atoms with Crippen molar-refractivity contribution in [2.45, 2.75) is 19.8 Å². The van der Waals surface area contributed by atoms with Gasteiger partial charge in [-0.15, -0.1) is 0 Å². The average molecular weight is 491 g/mol. The van der Waals surface area contributed by atoms with E-state index in [1.165, 1.54) is 19.1 Å². The molecule has 0 spiro atoms. The highest BCUT2D eigenvalue weighted by molar-refractivity contribution is 6.06. The highest BCUT2D eigenvalue weighted by atomic mass is 16.5. The summed E-state index contributed by atoms with van der Waals surface area (Å²) in [5, 5.41) is 19.5. The molecule has 2 aromatic carbocycles. The second-order valence-electron chi connectivity index (χ2n) is 8.11. The highest BCUT2D eigenvalue weighted by Gasteiger charge is 2.43. The normalized spacial score (nSPS) is 15.4. The van der Waals surface area contributed by atoms with E-state index in [0.717, 1.165) is 11.3 Å². The minimum atomic E-state index is -0.922. The predicted molar refractivity (Wildman–Crippen MR) is 136 cm³/mol. The smallest absolute Gasteiger partial charge is 0.355 e. The molecular formula is C27H30N4O5. The number of benzene rings is 2. The zero-order valence-electron chi connectivity index (χ0n) is 20.8. The van der Waals surface area contributed by atoms with Crippen LogP contribution in [-0.2, 0) is 19.1 Å². The van der Waals surface area contributed by atoms with Crippen LogP contribution >= 0.6 is 0 Å². The Morgan fingerprint density at radius 2 is 1.81 bits per heavy atom. The lowest BCUT2D eigenvalue weighted by atomic mass is 9.80.